The number of rotatable bonds is 3. The monoisotopic (exact) mass is 317 g/mol. The molecule has 0 saturated heterocycles. The molecule has 4 aromatic rings. The van der Waals surface area contributed by atoms with Gasteiger partial charge in [0, 0.05) is 23.5 Å². The van der Waals surface area contributed by atoms with Crippen LogP contribution in [0.4, 0.5) is 4.39 Å². The number of H-pyrrole nitrogens is 1. The highest BCUT2D eigenvalue weighted by molar-refractivity contribution is 5.83. The molecule has 4 rings (SSSR count). The van der Waals surface area contributed by atoms with Crippen molar-refractivity contribution in [3.05, 3.63) is 77.5 Å². The van der Waals surface area contributed by atoms with Gasteiger partial charge < -0.3 is 4.98 Å². The van der Waals surface area contributed by atoms with Gasteiger partial charge in [0.05, 0.1) is 5.69 Å². The predicted molar refractivity (Wildman–Crippen MR) is 87.1 cm³/mol. The number of para-hydroxylation sites is 2. The van der Waals surface area contributed by atoms with Gasteiger partial charge >= 0.3 is 0 Å². The molecule has 0 atom stereocenters. The lowest BCUT2D eigenvalue weighted by atomic mass is 10.1. The van der Waals surface area contributed by atoms with Gasteiger partial charge in [0.15, 0.2) is 5.69 Å². The summed E-state index contributed by atoms with van der Waals surface area (Å²) in [5, 5.41) is 18.2. The topological polar surface area (TPSA) is 70.3 Å². The lowest BCUT2D eigenvalue weighted by molar-refractivity contribution is 0.603. The van der Waals surface area contributed by atoms with E-state index in [2.05, 4.69) is 15.3 Å². The Morgan fingerprint density at radius 1 is 1.12 bits per heavy atom. The van der Waals surface area contributed by atoms with E-state index in [0.717, 1.165) is 16.5 Å². The van der Waals surface area contributed by atoms with Crippen molar-refractivity contribution < 1.29 is 4.39 Å². The summed E-state index contributed by atoms with van der Waals surface area (Å²) < 4.78 is 15.5. The molecule has 0 aliphatic carbocycles. The van der Waals surface area contributed by atoms with Crippen LogP contribution in [0.3, 0.4) is 0 Å². The lowest BCUT2D eigenvalue weighted by Gasteiger charge is -2.07. The van der Waals surface area contributed by atoms with Crippen LogP contribution in [0.2, 0.25) is 0 Å². The van der Waals surface area contributed by atoms with Gasteiger partial charge in [-0.1, -0.05) is 35.5 Å². The zero-order chi connectivity index (χ0) is 16.5. The maximum atomic E-state index is 14.1. The number of fused-ring (bicyclic) bond motifs is 1. The van der Waals surface area contributed by atoms with Gasteiger partial charge in [0.2, 0.25) is 0 Å². The van der Waals surface area contributed by atoms with Gasteiger partial charge in [-0.15, -0.1) is 5.10 Å². The Morgan fingerprint density at radius 2 is 1.92 bits per heavy atom. The molecule has 0 radical (unpaired) electrons. The van der Waals surface area contributed by atoms with E-state index >= 15 is 0 Å². The van der Waals surface area contributed by atoms with Gasteiger partial charge in [-0.25, -0.2) is 9.07 Å². The third-order valence-electron chi connectivity index (χ3n) is 3.98. The second kappa shape index (κ2) is 5.63. The molecule has 6 heteroatoms. The molecule has 5 nitrogen and oxygen atoms in total. The Bertz CT molecular complexity index is 1070. The van der Waals surface area contributed by atoms with E-state index in [1.54, 1.807) is 18.2 Å². The average Bonchev–Trinajstić information content (AvgIpc) is 3.20. The number of aromatic nitrogens is 4. The van der Waals surface area contributed by atoms with Crippen LogP contribution >= 0.6 is 0 Å². The highest BCUT2D eigenvalue weighted by Crippen LogP contribution is 2.23. The normalized spacial score (nSPS) is 10.8. The smallest absolute Gasteiger partial charge is 0.186 e. The Kier molecular flexibility index (Phi) is 3.32. The van der Waals surface area contributed by atoms with E-state index in [-0.39, 0.29) is 11.4 Å². The summed E-state index contributed by atoms with van der Waals surface area (Å²) in [5.74, 6) is -0.410. The summed E-state index contributed by atoms with van der Waals surface area (Å²) in [6.45, 7) is 0. The summed E-state index contributed by atoms with van der Waals surface area (Å²) in [6, 6.07) is 16.2. The summed E-state index contributed by atoms with van der Waals surface area (Å²) in [7, 11) is 0. The number of aromatic amines is 1. The fourth-order valence-electron chi connectivity index (χ4n) is 2.82. The minimum absolute atomic E-state index is 0.198. The van der Waals surface area contributed by atoms with E-state index in [9.17, 15) is 9.65 Å². The van der Waals surface area contributed by atoms with Gasteiger partial charge in [-0.05, 0) is 23.8 Å². The maximum absolute atomic E-state index is 14.1. The molecule has 0 amide bonds. The molecule has 0 unspecified atom stereocenters. The Hall–Kier alpha value is -3.46. The first-order chi connectivity index (χ1) is 11.8. The molecule has 0 bridgehead atoms. The minimum Gasteiger partial charge on any atom is -0.361 e. The molecule has 0 aliphatic heterocycles. The first-order valence-corrected chi connectivity index (χ1v) is 7.42. The van der Waals surface area contributed by atoms with Crippen molar-refractivity contribution in [2.45, 2.75) is 6.42 Å². The Balaban J connectivity index is 1.85. The molecule has 0 saturated carbocycles. The molecule has 2 heterocycles. The van der Waals surface area contributed by atoms with Crippen molar-refractivity contribution in [1.82, 2.24) is 20.0 Å². The van der Waals surface area contributed by atoms with Crippen molar-refractivity contribution in [3.8, 4) is 11.8 Å². The van der Waals surface area contributed by atoms with Crippen LogP contribution in [-0.2, 0) is 6.42 Å². The number of benzene rings is 2. The van der Waals surface area contributed by atoms with Gasteiger partial charge in [-0.3, -0.25) is 0 Å². The van der Waals surface area contributed by atoms with Gasteiger partial charge in [0.1, 0.15) is 17.6 Å². The average molecular weight is 317 g/mol. The highest BCUT2D eigenvalue weighted by atomic mass is 19.1. The van der Waals surface area contributed by atoms with Crippen LogP contribution in [0.25, 0.3) is 16.6 Å². The third kappa shape index (κ3) is 2.23. The maximum Gasteiger partial charge on any atom is 0.186 e. The van der Waals surface area contributed by atoms with Gasteiger partial charge in [0.25, 0.3) is 0 Å². The van der Waals surface area contributed by atoms with Crippen LogP contribution in [0.1, 0.15) is 17.0 Å². The second-order valence-electron chi connectivity index (χ2n) is 5.40. The van der Waals surface area contributed by atoms with Crippen LogP contribution in [-0.4, -0.2) is 20.0 Å². The number of hydrogen-bond acceptors (Lipinski definition) is 3. The zero-order valence-electron chi connectivity index (χ0n) is 12.6. The van der Waals surface area contributed by atoms with Gasteiger partial charge in [-0.2, -0.15) is 5.26 Å². The SMILES string of the molecule is N#Cc1nnn(-c2ccccc2F)c1Cc1c[nH]c2ccccc12. The van der Waals surface area contributed by atoms with E-state index in [1.165, 1.54) is 10.7 Å². The fraction of sp³-hybridized carbons (Fsp3) is 0.0556. The first-order valence-electron chi connectivity index (χ1n) is 7.42. The van der Waals surface area contributed by atoms with Crippen molar-refractivity contribution in [3.63, 3.8) is 0 Å². The number of nitriles is 1. The summed E-state index contributed by atoms with van der Waals surface area (Å²) in [6.07, 6.45) is 2.32. The van der Waals surface area contributed by atoms with Crippen LogP contribution in [0.15, 0.2) is 54.7 Å². The predicted octanol–water partition coefficient (Wildman–Crippen LogP) is 3.35. The largest absolute Gasteiger partial charge is 0.361 e. The van der Waals surface area contributed by atoms with Crippen LogP contribution in [0, 0.1) is 17.1 Å². The fourth-order valence-corrected chi connectivity index (χ4v) is 2.82. The molecule has 0 aliphatic rings. The molecule has 1 N–H and O–H groups in total. The summed E-state index contributed by atoms with van der Waals surface area (Å²) in [5.41, 5.74) is 3.05. The van der Waals surface area contributed by atoms with E-state index in [0.29, 0.717) is 12.1 Å². The van der Waals surface area contributed by atoms with Crippen LogP contribution < -0.4 is 0 Å². The van der Waals surface area contributed by atoms with Crippen molar-refractivity contribution in [1.29, 1.82) is 5.26 Å². The molecule has 0 fully saturated rings. The molecular weight excluding hydrogens is 305 g/mol. The second-order valence-corrected chi connectivity index (χ2v) is 5.40. The standard InChI is InChI=1S/C18H12FN5/c19-14-6-2-4-8-17(14)24-18(16(10-20)22-23-24)9-12-11-21-15-7-3-1-5-13(12)15/h1-8,11,21H,9H2. The highest BCUT2D eigenvalue weighted by Gasteiger charge is 2.18. The zero-order valence-corrected chi connectivity index (χ0v) is 12.6. The number of nitrogens with zero attached hydrogens (tertiary/aromatic N) is 4. The number of hydrogen-bond donors (Lipinski definition) is 1. The first kappa shape index (κ1) is 14.2. The summed E-state index contributed by atoms with van der Waals surface area (Å²) >= 11 is 0. The third-order valence-corrected chi connectivity index (χ3v) is 3.98. The van der Waals surface area contributed by atoms with Crippen molar-refractivity contribution >= 4 is 10.9 Å². The molecule has 24 heavy (non-hydrogen) atoms. The van der Waals surface area contributed by atoms with Crippen molar-refractivity contribution in [2.75, 3.05) is 0 Å². The molecule has 0 spiro atoms. The molecular formula is C18H12FN5. The molecule has 116 valence electrons. The van der Waals surface area contributed by atoms with E-state index in [4.69, 9.17) is 0 Å². The van der Waals surface area contributed by atoms with E-state index in [1.807, 2.05) is 36.5 Å². The van der Waals surface area contributed by atoms with E-state index < -0.39 is 5.82 Å². The summed E-state index contributed by atoms with van der Waals surface area (Å²) in [4.78, 5) is 3.20. The lowest BCUT2D eigenvalue weighted by Crippen LogP contribution is -2.06. The Morgan fingerprint density at radius 3 is 2.75 bits per heavy atom. The molecule has 2 aromatic carbocycles. The molecule has 2 aromatic heterocycles. The number of nitrogens with one attached hydrogen (secondary N) is 1. The van der Waals surface area contributed by atoms with Crippen molar-refractivity contribution in [2.24, 2.45) is 0 Å². The Labute approximate surface area is 137 Å². The van der Waals surface area contributed by atoms with Crippen LogP contribution in [0.5, 0.6) is 0 Å². The quantitative estimate of drug-likeness (QED) is 0.630. The minimum atomic E-state index is -0.410. The number of halogens is 1.